The van der Waals surface area contributed by atoms with Crippen molar-refractivity contribution in [3.8, 4) is 5.75 Å². The van der Waals surface area contributed by atoms with Crippen molar-refractivity contribution in [2.45, 2.75) is 32.7 Å². The molecule has 4 rings (SSSR count). The highest BCUT2D eigenvalue weighted by Crippen LogP contribution is 2.40. The normalized spacial score (nSPS) is 16.3. The van der Waals surface area contributed by atoms with Crippen LogP contribution in [0.3, 0.4) is 0 Å². The molecule has 1 atom stereocenters. The van der Waals surface area contributed by atoms with E-state index in [9.17, 15) is 14.7 Å². The maximum atomic E-state index is 13.5. The summed E-state index contributed by atoms with van der Waals surface area (Å²) in [7, 11) is 0. The average Bonchev–Trinajstić information content (AvgIpc) is 3.31. The second kappa shape index (κ2) is 9.09. The fraction of sp³-hybridized carbons (Fsp3) is 0.280. The number of rotatable bonds is 8. The van der Waals surface area contributed by atoms with Crippen LogP contribution < -0.4 is 4.74 Å². The fourth-order valence-corrected chi connectivity index (χ4v) is 4.14. The minimum Gasteiger partial charge on any atom is -0.503 e. The van der Waals surface area contributed by atoms with Crippen LogP contribution in [0.4, 0.5) is 0 Å². The zero-order valence-electron chi connectivity index (χ0n) is 17.9. The second-order valence-electron chi connectivity index (χ2n) is 7.64. The summed E-state index contributed by atoms with van der Waals surface area (Å²) in [6, 6.07) is 13.1. The summed E-state index contributed by atoms with van der Waals surface area (Å²) in [4.78, 5) is 27.9. The Hall–Kier alpha value is -3.25. The lowest BCUT2D eigenvalue weighted by atomic mass is 9.95. The maximum absolute atomic E-state index is 13.5. The van der Waals surface area contributed by atoms with Crippen molar-refractivity contribution in [2.75, 3.05) is 13.2 Å². The zero-order valence-corrected chi connectivity index (χ0v) is 18.7. The second-order valence-corrected chi connectivity index (χ2v) is 8.08. The van der Waals surface area contributed by atoms with E-state index >= 15 is 0 Å². The summed E-state index contributed by atoms with van der Waals surface area (Å²) in [6.07, 6.45) is 1.62. The third kappa shape index (κ3) is 3.98. The summed E-state index contributed by atoms with van der Waals surface area (Å²) in [5.41, 5.74) is 1.23. The predicted molar refractivity (Wildman–Crippen MR) is 122 cm³/mol. The molecule has 6 nitrogen and oxygen atoms in total. The molecule has 32 heavy (non-hydrogen) atoms. The number of unbranched alkanes of at least 4 members (excludes halogenated alkanes) is 1. The van der Waals surface area contributed by atoms with Gasteiger partial charge in [0.2, 0.25) is 5.78 Å². The third-order valence-electron chi connectivity index (χ3n) is 5.51. The molecular weight excluding hydrogens is 430 g/mol. The van der Waals surface area contributed by atoms with E-state index in [-0.39, 0.29) is 11.3 Å². The Labute approximate surface area is 191 Å². The summed E-state index contributed by atoms with van der Waals surface area (Å²) in [6.45, 7) is 4.87. The lowest BCUT2D eigenvalue weighted by Gasteiger charge is -2.26. The van der Waals surface area contributed by atoms with Gasteiger partial charge in [0.05, 0.1) is 18.2 Å². The number of halogens is 1. The molecule has 0 bridgehead atoms. The fourth-order valence-electron chi connectivity index (χ4n) is 3.96. The molecule has 0 radical (unpaired) electrons. The lowest BCUT2D eigenvalue weighted by Crippen LogP contribution is -2.32. The predicted octanol–water partition coefficient (Wildman–Crippen LogP) is 5.86. The quantitative estimate of drug-likeness (QED) is 0.432. The summed E-state index contributed by atoms with van der Waals surface area (Å²) < 4.78 is 11.2. The Morgan fingerprint density at radius 1 is 1.16 bits per heavy atom. The molecule has 1 aromatic heterocycles. The van der Waals surface area contributed by atoms with Gasteiger partial charge in [-0.3, -0.25) is 9.59 Å². The number of ketones is 1. The van der Waals surface area contributed by atoms with Crippen LogP contribution in [0, 0.1) is 0 Å². The SMILES string of the molecule is CCCCN1C(=O)C(O)=C(C(=O)c2cc3cc(Cl)ccc3o2)C1c1ccc(OCC)cc1. The van der Waals surface area contributed by atoms with Gasteiger partial charge in [0.25, 0.3) is 5.91 Å². The highest BCUT2D eigenvalue weighted by Gasteiger charge is 2.44. The molecule has 1 aliphatic heterocycles. The molecule has 3 aromatic rings. The van der Waals surface area contributed by atoms with Crippen LogP contribution in [0.25, 0.3) is 11.0 Å². The third-order valence-corrected chi connectivity index (χ3v) is 5.74. The molecule has 1 amide bonds. The summed E-state index contributed by atoms with van der Waals surface area (Å²) in [5, 5.41) is 11.9. The lowest BCUT2D eigenvalue weighted by molar-refractivity contribution is -0.129. The Balaban J connectivity index is 1.76. The van der Waals surface area contributed by atoms with Crippen LogP contribution >= 0.6 is 11.6 Å². The van der Waals surface area contributed by atoms with Gasteiger partial charge in [0, 0.05) is 17.0 Å². The van der Waals surface area contributed by atoms with Gasteiger partial charge in [-0.05, 0) is 55.3 Å². The molecule has 1 N–H and O–H groups in total. The van der Waals surface area contributed by atoms with Gasteiger partial charge in [-0.2, -0.15) is 0 Å². The first-order chi connectivity index (χ1) is 15.4. The molecule has 0 aliphatic carbocycles. The number of fused-ring (bicyclic) bond motifs is 1. The Morgan fingerprint density at radius 2 is 1.91 bits per heavy atom. The molecule has 0 saturated heterocycles. The van der Waals surface area contributed by atoms with Gasteiger partial charge in [0.1, 0.15) is 11.3 Å². The Morgan fingerprint density at radius 3 is 2.59 bits per heavy atom. The van der Waals surface area contributed by atoms with Gasteiger partial charge in [0.15, 0.2) is 11.5 Å². The minimum absolute atomic E-state index is 0.0143. The van der Waals surface area contributed by atoms with E-state index < -0.39 is 23.5 Å². The highest BCUT2D eigenvalue weighted by atomic mass is 35.5. The number of aliphatic hydroxyl groups excluding tert-OH is 1. The molecule has 1 aliphatic rings. The van der Waals surface area contributed by atoms with E-state index in [1.54, 1.807) is 41.3 Å². The number of Topliss-reactive ketones (excluding diaryl/α,β-unsaturated/α-hetero) is 1. The van der Waals surface area contributed by atoms with Crippen molar-refractivity contribution in [3.05, 3.63) is 76.2 Å². The first kappa shape index (κ1) is 22.0. The number of amides is 1. The van der Waals surface area contributed by atoms with Gasteiger partial charge in [-0.25, -0.2) is 0 Å². The minimum atomic E-state index is -0.714. The van der Waals surface area contributed by atoms with E-state index in [1.165, 1.54) is 0 Å². The van der Waals surface area contributed by atoms with Gasteiger partial charge in [-0.15, -0.1) is 0 Å². The van der Waals surface area contributed by atoms with E-state index in [2.05, 4.69) is 0 Å². The van der Waals surface area contributed by atoms with E-state index in [4.69, 9.17) is 20.8 Å². The number of carbonyl (C=O) groups excluding carboxylic acids is 2. The molecule has 7 heteroatoms. The van der Waals surface area contributed by atoms with Crippen LogP contribution in [-0.2, 0) is 4.79 Å². The van der Waals surface area contributed by atoms with Crippen molar-refractivity contribution in [2.24, 2.45) is 0 Å². The number of hydrogen-bond donors (Lipinski definition) is 1. The monoisotopic (exact) mass is 453 g/mol. The smallest absolute Gasteiger partial charge is 0.290 e. The van der Waals surface area contributed by atoms with Crippen LogP contribution in [-0.4, -0.2) is 34.8 Å². The standard InChI is InChI=1S/C25H24ClNO5/c1-3-5-12-27-22(15-6-9-18(10-7-15)31-4-2)21(24(29)25(27)30)23(28)20-14-16-13-17(26)8-11-19(16)32-20/h6-11,13-14,22,29H,3-5,12H2,1-2H3. The number of furan rings is 1. The van der Waals surface area contributed by atoms with Crippen LogP contribution in [0.5, 0.6) is 5.75 Å². The average molecular weight is 454 g/mol. The van der Waals surface area contributed by atoms with E-state index in [1.807, 2.05) is 26.0 Å². The molecular formula is C25H24ClNO5. The van der Waals surface area contributed by atoms with Crippen LogP contribution in [0.15, 0.2) is 64.3 Å². The first-order valence-electron chi connectivity index (χ1n) is 10.6. The number of aliphatic hydroxyl groups is 1. The summed E-state index contributed by atoms with van der Waals surface area (Å²) in [5.74, 6) is -0.884. The van der Waals surface area contributed by atoms with Crippen molar-refractivity contribution < 1.29 is 23.8 Å². The number of carbonyl (C=O) groups is 2. The highest BCUT2D eigenvalue weighted by molar-refractivity contribution is 6.31. The van der Waals surface area contributed by atoms with E-state index in [0.29, 0.717) is 40.5 Å². The van der Waals surface area contributed by atoms with Crippen LogP contribution in [0.1, 0.15) is 48.8 Å². The van der Waals surface area contributed by atoms with Crippen LogP contribution in [0.2, 0.25) is 5.02 Å². The number of ether oxygens (including phenoxy) is 1. The number of nitrogens with zero attached hydrogens (tertiary/aromatic N) is 1. The van der Waals surface area contributed by atoms with E-state index in [0.717, 1.165) is 12.8 Å². The molecule has 0 saturated carbocycles. The van der Waals surface area contributed by atoms with Crippen molar-refractivity contribution in [1.82, 2.24) is 4.90 Å². The molecule has 0 spiro atoms. The number of hydrogen-bond acceptors (Lipinski definition) is 5. The summed E-state index contributed by atoms with van der Waals surface area (Å²) >= 11 is 6.05. The number of benzene rings is 2. The Bertz CT molecular complexity index is 1190. The molecule has 166 valence electrons. The first-order valence-corrected chi connectivity index (χ1v) is 11.0. The van der Waals surface area contributed by atoms with Gasteiger partial charge < -0.3 is 19.2 Å². The zero-order chi connectivity index (χ0) is 22.8. The molecule has 2 heterocycles. The molecule has 1 unspecified atom stereocenters. The van der Waals surface area contributed by atoms with Crippen molar-refractivity contribution in [3.63, 3.8) is 0 Å². The van der Waals surface area contributed by atoms with Gasteiger partial charge >= 0.3 is 0 Å². The topological polar surface area (TPSA) is 80.0 Å². The Kier molecular flexibility index (Phi) is 6.24. The largest absolute Gasteiger partial charge is 0.503 e. The van der Waals surface area contributed by atoms with Crippen molar-refractivity contribution in [1.29, 1.82) is 0 Å². The van der Waals surface area contributed by atoms with Gasteiger partial charge in [-0.1, -0.05) is 37.1 Å². The molecule has 2 aromatic carbocycles. The van der Waals surface area contributed by atoms with Crippen molar-refractivity contribution >= 4 is 34.3 Å². The molecule has 0 fully saturated rings. The maximum Gasteiger partial charge on any atom is 0.290 e.